The van der Waals surface area contributed by atoms with E-state index in [1.165, 1.54) is 7.11 Å². The van der Waals surface area contributed by atoms with Gasteiger partial charge in [-0.05, 0) is 31.4 Å². The van der Waals surface area contributed by atoms with E-state index in [1.807, 2.05) is 0 Å². The van der Waals surface area contributed by atoms with E-state index in [-0.39, 0.29) is 12.7 Å². The topological polar surface area (TPSA) is 54.0 Å². The summed E-state index contributed by atoms with van der Waals surface area (Å²) >= 11 is 0. The van der Waals surface area contributed by atoms with E-state index in [0.717, 1.165) is 25.9 Å². The summed E-state index contributed by atoms with van der Waals surface area (Å²) in [6.45, 7) is 1.03. The molecule has 20 heavy (non-hydrogen) atoms. The quantitative estimate of drug-likeness (QED) is 0.775. The van der Waals surface area contributed by atoms with Crippen LogP contribution in [0.3, 0.4) is 0 Å². The zero-order valence-electron chi connectivity index (χ0n) is 11.9. The molecule has 5 heteroatoms. The fourth-order valence-electron chi connectivity index (χ4n) is 2.15. The van der Waals surface area contributed by atoms with Gasteiger partial charge in [-0.25, -0.2) is 4.79 Å². The third kappa shape index (κ3) is 3.63. The monoisotopic (exact) mass is 280 g/mol. The molecule has 1 aromatic rings. The highest BCUT2D eigenvalue weighted by Crippen LogP contribution is 2.25. The number of hydrogen-bond donors (Lipinski definition) is 0. The molecule has 1 fully saturated rings. The van der Waals surface area contributed by atoms with Gasteiger partial charge in [0.25, 0.3) is 0 Å². The summed E-state index contributed by atoms with van der Waals surface area (Å²) in [4.78, 5) is 12.1. The molecule has 110 valence electrons. The average molecular weight is 280 g/mol. The van der Waals surface area contributed by atoms with E-state index in [2.05, 4.69) is 0 Å². The smallest absolute Gasteiger partial charge is 0.342 e. The van der Waals surface area contributed by atoms with Gasteiger partial charge < -0.3 is 18.9 Å². The van der Waals surface area contributed by atoms with Gasteiger partial charge in [0.05, 0.1) is 20.3 Å². The van der Waals surface area contributed by atoms with Crippen LogP contribution in [0.15, 0.2) is 18.2 Å². The Morgan fingerprint density at radius 3 is 2.80 bits per heavy atom. The lowest BCUT2D eigenvalue weighted by Gasteiger charge is -2.22. The van der Waals surface area contributed by atoms with Gasteiger partial charge in [-0.15, -0.1) is 0 Å². The van der Waals surface area contributed by atoms with Crippen LogP contribution in [0.5, 0.6) is 11.5 Å². The van der Waals surface area contributed by atoms with Crippen molar-refractivity contribution in [2.75, 3.05) is 27.4 Å². The molecule has 1 atom stereocenters. The Kier molecular flexibility index (Phi) is 5.24. The molecule has 0 saturated carbocycles. The minimum Gasteiger partial charge on any atom is -0.497 e. The first-order chi connectivity index (χ1) is 9.74. The predicted octanol–water partition coefficient (Wildman–Crippen LogP) is 2.43. The number of ether oxygens (including phenoxy) is 4. The van der Waals surface area contributed by atoms with Gasteiger partial charge in [0.1, 0.15) is 23.7 Å². The van der Waals surface area contributed by atoms with Gasteiger partial charge in [-0.3, -0.25) is 0 Å². The van der Waals surface area contributed by atoms with Crippen molar-refractivity contribution in [2.24, 2.45) is 0 Å². The number of benzene rings is 1. The molecule has 1 aliphatic heterocycles. The van der Waals surface area contributed by atoms with Crippen molar-refractivity contribution in [1.82, 2.24) is 0 Å². The van der Waals surface area contributed by atoms with Gasteiger partial charge in [0.2, 0.25) is 0 Å². The molecule has 1 unspecified atom stereocenters. The number of rotatable bonds is 5. The summed E-state index contributed by atoms with van der Waals surface area (Å²) in [6.07, 6.45) is 3.15. The highest BCUT2D eigenvalue weighted by Gasteiger charge is 2.19. The molecule has 1 heterocycles. The second kappa shape index (κ2) is 7.14. The molecule has 0 aliphatic carbocycles. The van der Waals surface area contributed by atoms with Crippen LogP contribution in [-0.4, -0.2) is 39.5 Å². The number of carbonyl (C=O) groups excluding carboxylic acids is 1. The fourth-order valence-corrected chi connectivity index (χ4v) is 2.15. The molecule has 0 radical (unpaired) electrons. The van der Waals surface area contributed by atoms with Crippen molar-refractivity contribution in [3.8, 4) is 11.5 Å². The lowest BCUT2D eigenvalue weighted by atomic mass is 10.1. The molecule has 2 rings (SSSR count). The maximum Gasteiger partial charge on any atom is 0.342 e. The summed E-state index contributed by atoms with van der Waals surface area (Å²) in [5, 5.41) is 0. The molecular weight excluding hydrogens is 260 g/mol. The lowest BCUT2D eigenvalue weighted by molar-refractivity contribution is -0.0301. The van der Waals surface area contributed by atoms with Gasteiger partial charge in [0, 0.05) is 12.7 Å². The van der Waals surface area contributed by atoms with Crippen LogP contribution >= 0.6 is 0 Å². The molecule has 0 aromatic heterocycles. The molecule has 1 aliphatic rings. The van der Waals surface area contributed by atoms with Crippen molar-refractivity contribution in [3.63, 3.8) is 0 Å². The summed E-state index contributed by atoms with van der Waals surface area (Å²) in [7, 11) is 3.07. The highest BCUT2D eigenvalue weighted by molar-refractivity contribution is 5.92. The first kappa shape index (κ1) is 14.7. The van der Waals surface area contributed by atoms with E-state index >= 15 is 0 Å². The van der Waals surface area contributed by atoms with Gasteiger partial charge in [0.15, 0.2) is 0 Å². The lowest BCUT2D eigenvalue weighted by Crippen LogP contribution is -2.26. The van der Waals surface area contributed by atoms with Crippen molar-refractivity contribution in [2.45, 2.75) is 25.4 Å². The zero-order chi connectivity index (χ0) is 14.4. The zero-order valence-corrected chi connectivity index (χ0v) is 11.9. The molecule has 0 amide bonds. The third-order valence-electron chi connectivity index (χ3n) is 3.30. The second-order valence-corrected chi connectivity index (χ2v) is 4.65. The SMILES string of the molecule is COc1ccc(C(=O)OCC2CCCCO2)c(OC)c1. The van der Waals surface area contributed by atoms with Crippen molar-refractivity contribution >= 4 is 5.97 Å². The van der Waals surface area contributed by atoms with E-state index in [4.69, 9.17) is 18.9 Å². The Bertz CT molecular complexity index is 452. The van der Waals surface area contributed by atoms with Crippen LogP contribution in [0.1, 0.15) is 29.6 Å². The number of methoxy groups -OCH3 is 2. The Labute approximate surface area is 118 Å². The van der Waals surface area contributed by atoms with Crippen molar-refractivity contribution in [1.29, 1.82) is 0 Å². The van der Waals surface area contributed by atoms with Crippen molar-refractivity contribution in [3.05, 3.63) is 23.8 Å². The van der Waals surface area contributed by atoms with Crippen LogP contribution in [0.25, 0.3) is 0 Å². The second-order valence-electron chi connectivity index (χ2n) is 4.65. The highest BCUT2D eigenvalue weighted by atomic mass is 16.6. The number of hydrogen-bond acceptors (Lipinski definition) is 5. The molecule has 5 nitrogen and oxygen atoms in total. The fraction of sp³-hybridized carbons (Fsp3) is 0.533. The van der Waals surface area contributed by atoms with Crippen LogP contribution < -0.4 is 9.47 Å². The standard InChI is InChI=1S/C15H20O5/c1-17-11-6-7-13(14(9-11)18-2)15(16)20-10-12-5-3-4-8-19-12/h6-7,9,12H,3-5,8,10H2,1-2H3. The number of carbonyl (C=O) groups is 1. The van der Waals surface area contributed by atoms with Gasteiger partial charge in [-0.2, -0.15) is 0 Å². The summed E-state index contributed by atoms with van der Waals surface area (Å²) < 4.78 is 21.1. The van der Waals surface area contributed by atoms with Crippen LogP contribution in [-0.2, 0) is 9.47 Å². The van der Waals surface area contributed by atoms with E-state index in [1.54, 1.807) is 25.3 Å². The molecule has 0 N–H and O–H groups in total. The molecular formula is C15H20O5. The molecule has 1 saturated heterocycles. The Hall–Kier alpha value is -1.75. The number of esters is 1. The molecule has 0 spiro atoms. The Balaban J connectivity index is 1.97. The molecule has 0 bridgehead atoms. The minimum absolute atomic E-state index is 0.0111. The van der Waals surface area contributed by atoms with Gasteiger partial charge >= 0.3 is 5.97 Å². The Morgan fingerprint density at radius 2 is 2.15 bits per heavy atom. The summed E-state index contributed by atoms with van der Waals surface area (Å²) in [6, 6.07) is 5.01. The molecule has 1 aromatic carbocycles. The van der Waals surface area contributed by atoms with Crippen LogP contribution in [0, 0.1) is 0 Å². The first-order valence-electron chi connectivity index (χ1n) is 6.75. The van der Waals surface area contributed by atoms with E-state index in [9.17, 15) is 4.79 Å². The van der Waals surface area contributed by atoms with Crippen LogP contribution in [0.2, 0.25) is 0 Å². The maximum atomic E-state index is 12.1. The minimum atomic E-state index is -0.404. The summed E-state index contributed by atoms with van der Waals surface area (Å²) in [5.41, 5.74) is 0.393. The average Bonchev–Trinajstić information content (AvgIpc) is 2.52. The third-order valence-corrected chi connectivity index (χ3v) is 3.30. The van der Waals surface area contributed by atoms with E-state index < -0.39 is 5.97 Å². The largest absolute Gasteiger partial charge is 0.497 e. The van der Waals surface area contributed by atoms with E-state index in [0.29, 0.717) is 17.1 Å². The Morgan fingerprint density at radius 1 is 1.30 bits per heavy atom. The van der Waals surface area contributed by atoms with Crippen LogP contribution in [0.4, 0.5) is 0 Å². The normalized spacial score (nSPS) is 18.4. The predicted molar refractivity (Wildman–Crippen MR) is 73.4 cm³/mol. The first-order valence-corrected chi connectivity index (χ1v) is 6.75. The van der Waals surface area contributed by atoms with Crippen molar-refractivity contribution < 1.29 is 23.7 Å². The summed E-state index contributed by atoms with van der Waals surface area (Å²) in [5.74, 6) is 0.673. The maximum absolute atomic E-state index is 12.1. The van der Waals surface area contributed by atoms with Gasteiger partial charge in [-0.1, -0.05) is 0 Å².